The van der Waals surface area contributed by atoms with E-state index in [0.29, 0.717) is 21.9 Å². The van der Waals surface area contributed by atoms with Crippen LogP contribution in [-0.4, -0.2) is 62.5 Å². The van der Waals surface area contributed by atoms with Crippen molar-refractivity contribution in [2.45, 2.75) is 18.3 Å². The van der Waals surface area contributed by atoms with Crippen molar-refractivity contribution in [1.29, 1.82) is 0 Å². The van der Waals surface area contributed by atoms with E-state index in [1.807, 2.05) is 0 Å². The molecule has 182 valence electrons. The van der Waals surface area contributed by atoms with Crippen LogP contribution < -0.4 is 11.1 Å². The van der Waals surface area contributed by atoms with Gasteiger partial charge >= 0.3 is 11.9 Å². The van der Waals surface area contributed by atoms with Crippen LogP contribution in [0.25, 0.3) is 11.6 Å². The molecule has 0 radical (unpaired) electrons. The number of β-lactam (4-membered cyclic amide) rings is 1. The average molecular weight is 535 g/mol. The van der Waals surface area contributed by atoms with Gasteiger partial charge in [-0.1, -0.05) is 23.7 Å². The Bertz CT molecular complexity index is 1270. The standard InChI is InChI=1S/C22H19ClN4O6S2/c1-10(28)33-7-12-8-34-20-16(19(30)27(20)17(12)21(31)32)26-18(29)14(15-9-35-22(24)25-15)6-11-2-4-13(23)5-3-11/h2-6,9,16,20H,7-8H2,1H3,(H2,24,25)(H,26,29)(H,31,32)/b14-6+/t16?,20-/m0/s1. The number of benzene rings is 1. The van der Waals surface area contributed by atoms with Crippen molar-refractivity contribution >= 4 is 75.2 Å². The van der Waals surface area contributed by atoms with Crippen LogP contribution in [0.5, 0.6) is 0 Å². The van der Waals surface area contributed by atoms with Gasteiger partial charge in [0.15, 0.2) is 5.13 Å². The number of nitrogens with zero attached hydrogens (tertiary/aromatic N) is 2. The minimum absolute atomic E-state index is 0.192. The lowest BCUT2D eigenvalue weighted by atomic mass is 10.0. The molecule has 2 aromatic rings. The molecule has 0 spiro atoms. The Morgan fingerprint density at radius 2 is 2.06 bits per heavy atom. The number of hydrogen-bond acceptors (Lipinski definition) is 9. The summed E-state index contributed by atoms with van der Waals surface area (Å²) in [6.07, 6.45) is 1.61. The molecule has 3 heterocycles. The maximum absolute atomic E-state index is 13.3. The lowest BCUT2D eigenvalue weighted by Crippen LogP contribution is -2.70. The number of nitrogens with two attached hydrogens (primary N) is 1. The topological polar surface area (TPSA) is 152 Å². The molecule has 35 heavy (non-hydrogen) atoms. The fourth-order valence-electron chi connectivity index (χ4n) is 3.59. The molecule has 4 N–H and O–H groups in total. The molecule has 13 heteroatoms. The highest BCUT2D eigenvalue weighted by Gasteiger charge is 2.54. The number of aromatic nitrogens is 1. The fourth-order valence-corrected chi connectivity index (χ4v) is 5.61. The molecule has 1 aromatic heterocycles. The van der Waals surface area contributed by atoms with Gasteiger partial charge in [0.05, 0.1) is 11.3 Å². The van der Waals surface area contributed by atoms with Crippen LogP contribution in [0.3, 0.4) is 0 Å². The molecule has 1 saturated heterocycles. The van der Waals surface area contributed by atoms with Gasteiger partial charge in [0.25, 0.3) is 11.8 Å². The van der Waals surface area contributed by atoms with Crippen LogP contribution in [0.15, 0.2) is 40.9 Å². The van der Waals surface area contributed by atoms with Gasteiger partial charge in [-0.2, -0.15) is 0 Å². The number of ether oxygens (including phenoxy) is 1. The number of amides is 2. The number of thioether (sulfide) groups is 1. The van der Waals surface area contributed by atoms with Crippen LogP contribution in [0.1, 0.15) is 18.2 Å². The number of carbonyl (C=O) groups is 4. The van der Waals surface area contributed by atoms with Crippen LogP contribution >= 0.6 is 34.7 Å². The number of nitrogens with one attached hydrogen (secondary N) is 1. The van der Waals surface area contributed by atoms with Gasteiger partial charge in [-0.05, 0) is 23.8 Å². The molecule has 0 bridgehead atoms. The normalized spacial score (nSPS) is 19.7. The van der Waals surface area contributed by atoms with Crippen molar-refractivity contribution in [3.05, 3.63) is 57.2 Å². The van der Waals surface area contributed by atoms with E-state index in [9.17, 15) is 24.3 Å². The summed E-state index contributed by atoms with van der Waals surface area (Å²) in [4.78, 5) is 54.5. The van der Waals surface area contributed by atoms with Crippen molar-refractivity contribution in [1.82, 2.24) is 15.2 Å². The van der Waals surface area contributed by atoms with Crippen molar-refractivity contribution in [3.63, 3.8) is 0 Å². The molecule has 0 aliphatic carbocycles. The lowest BCUT2D eigenvalue weighted by Gasteiger charge is -2.49. The molecule has 1 unspecified atom stereocenters. The quantitative estimate of drug-likeness (QED) is 0.276. The van der Waals surface area contributed by atoms with Crippen molar-refractivity contribution in [2.75, 3.05) is 18.1 Å². The molecular weight excluding hydrogens is 516 g/mol. The Hall–Kier alpha value is -3.35. The molecule has 1 aromatic carbocycles. The average Bonchev–Trinajstić information content (AvgIpc) is 3.25. The number of fused-ring (bicyclic) bond motifs is 1. The van der Waals surface area contributed by atoms with E-state index in [1.165, 1.54) is 30.0 Å². The number of hydrogen-bond donors (Lipinski definition) is 3. The maximum atomic E-state index is 13.3. The predicted octanol–water partition coefficient (Wildman–Crippen LogP) is 2.22. The number of thiazole rings is 1. The maximum Gasteiger partial charge on any atom is 0.352 e. The summed E-state index contributed by atoms with van der Waals surface area (Å²) in [5.74, 6) is -2.77. The van der Waals surface area contributed by atoms with Crippen LogP contribution in [0.4, 0.5) is 5.13 Å². The molecule has 2 aliphatic rings. The van der Waals surface area contributed by atoms with Crippen molar-refractivity contribution < 1.29 is 29.0 Å². The number of halogens is 1. The second kappa shape index (κ2) is 10.1. The van der Waals surface area contributed by atoms with Gasteiger partial charge < -0.3 is 20.9 Å². The summed E-state index contributed by atoms with van der Waals surface area (Å²) in [5.41, 5.74) is 7.06. The third kappa shape index (κ3) is 5.19. The van der Waals surface area contributed by atoms with Crippen LogP contribution in [0.2, 0.25) is 5.02 Å². The Balaban J connectivity index is 1.57. The summed E-state index contributed by atoms with van der Waals surface area (Å²) >= 11 is 8.39. The van der Waals surface area contributed by atoms with Gasteiger partial charge in [0.1, 0.15) is 23.7 Å². The first-order valence-corrected chi connectivity index (χ1v) is 12.5. The number of aliphatic carboxylic acids is 1. The Morgan fingerprint density at radius 1 is 1.34 bits per heavy atom. The second-order valence-corrected chi connectivity index (χ2v) is 10.0. The first-order valence-electron chi connectivity index (χ1n) is 10.2. The fraction of sp³-hybridized carbons (Fsp3) is 0.227. The van der Waals surface area contributed by atoms with E-state index in [2.05, 4.69) is 10.3 Å². The number of carboxylic acids is 1. The predicted molar refractivity (Wildman–Crippen MR) is 132 cm³/mol. The SMILES string of the molecule is CC(=O)OCC1=C(C(=O)O)N2C(=O)C(NC(=O)/C(=C/c3ccc(Cl)cc3)c3csc(N)n3)[C@@H]2SC1. The van der Waals surface area contributed by atoms with Crippen molar-refractivity contribution in [3.8, 4) is 0 Å². The number of anilines is 1. The molecule has 2 amide bonds. The van der Waals surface area contributed by atoms with Gasteiger partial charge in [-0.3, -0.25) is 19.3 Å². The highest BCUT2D eigenvalue weighted by molar-refractivity contribution is 8.00. The second-order valence-electron chi connectivity index (χ2n) is 7.58. The monoisotopic (exact) mass is 534 g/mol. The van der Waals surface area contributed by atoms with E-state index < -0.39 is 35.2 Å². The zero-order valence-corrected chi connectivity index (χ0v) is 20.6. The molecular formula is C22H19ClN4O6S2. The minimum atomic E-state index is -1.31. The van der Waals surface area contributed by atoms with Gasteiger partial charge in [0, 0.05) is 28.7 Å². The summed E-state index contributed by atoms with van der Waals surface area (Å²) in [6, 6.07) is 5.87. The van der Waals surface area contributed by atoms with Gasteiger partial charge in [-0.25, -0.2) is 9.78 Å². The largest absolute Gasteiger partial charge is 0.477 e. The Kier molecular flexibility index (Phi) is 7.15. The summed E-state index contributed by atoms with van der Waals surface area (Å²) in [6.45, 7) is 0.988. The number of nitrogen functional groups attached to an aromatic ring is 1. The zero-order chi connectivity index (χ0) is 25.3. The lowest BCUT2D eigenvalue weighted by molar-refractivity contribution is -0.150. The smallest absolute Gasteiger partial charge is 0.352 e. The van der Waals surface area contributed by atoms with Gasteiger partial charge in [-0.15, -0.1) is 23.1 Å². The number of carboxylic acid groups (broad SMARTS) is 1. The van der Waals surface area contributed by atoms with E-state index in [-0.39, 0.29) is 28.8 Å². The zero-order valence-electron chi connectivity index (χ0n) is 18.2. The van der Waals surface area contributed by atoms with E-state index in [4.69, 9.17) is 22.1 Å². The first kappa shape index (κ1) is 24.8. The summed E-state index contributed by atoms with van der Waals surface area (Å²) < 4.78 is 4.93. The Labute approximate surface area is 212 Å². The highest BCUT2D eigenvalue weighted by Crippen LogP contribution is 2.40. The summed E-state index contributed by atoms with van der Waals surface area (Å²) in [5, 5.41) is 14.2. The molecule has 1 fully saturated rings. The molecule has 4 rings (SSSR count). The van der Waals surface area contributed by atoms with Crippen LogP contribution in [0, 0.1) is 0 Å². The van der Waals surface area contributed by atoms with Gasteiger partial charge in [0.2, 0.25) is 0 Å². The molecule has 0 saturated carbocycles. The molecule has 2 atom stereocenters. The number of esters is 1. The minimum Gasteiger partial charge on any atom is -0.477 e. The van der Waals surface area contributed by atoms with E-state index in [1.54, 1.807) is 35.7 Å². The Morgan fingerprint density at radius 3 is 2.66 bits per heavy atom. The van der Waals surface area contributed by atoms with E-state index >= 15 is 0 Å². The summed E-state index contributed by atoms with van der Waals surface area (Å²) in [7, 11) is 0. The third-order valence-corrected chi connectivity index (χ3v) is 7.48. The van der Waals surface area contributed by atoms with Crippen molar-refractivity contribution in [2.24, 2.45) is 0 Å². The molecule has 2 aliphatic heterocycles. The highest BCUT2D eigenvalue weighted by atomic mass is 35.5. The van der Waals surface area contributed by atoms with E-state index in [0.717, 1.165) is 4.90 Å². The number of carbonyl (C=O) groups excluding carboxylic acids is 3. The van der Waals surface area contributed by atoms with Crippen LogP contribution in [-0.2, 0) is 23.9 Å². The third-order valence-electron chi connectivity index (χ3n) is 5.21. The first-order chi connectivity index (χ1) is 16.7. The molecule has 10 nitrogen and oxygen atoms in total. The number of rotatable bonds is 7.